The van der Waals surface area contributed by atoms with E-state index in [0.29, 0.717) is 0 Å². The molecule has 0 unspecified atom stereocenters. The number of aryl methyl sites for hydroxylation is 1. The van der Waals surface area contributed by atoms with Crippen molar-refractivity contribution >= 4 is 22.6 Å². The number of benzene rings is 2. The van der Waals surface area contributed by atoms with Gasteiger partial charge >= 0.3 is 0 Å². The lowest BCUT2D eigenvalue weighted by Gasteiger charge is -2.09. The van der Waals surface area contributed by atoms with Gasteiger partial charge in [0.1, 0.15) is 23.0 Å². The number of rotatable bonds is 3. The van der Waals surface area contributed by atoms with E-state index in [1.807, 2.05) is 19.1 Å². The summed E-state index contributed by atoms with van der Waals surface area (Å²) in [6, 6.07) is 10.6. The number of H-pyrrole nitrogens is 1. The molecule has 4 aromatic rings. The van der Waals surface area contributed by atoms with E-state index in [1.165, 1.54) is 6.07 Å². The Morgan fingerprint density at radius 2 is 1.85 bits per heavy atom. The number of halogens is 2. The van der Waals surface area contributed by atoms with Crippen LogP contribution in [-0.4, -0.2) is 21.1 Å². The minimum atomic E-state index is -0.924. The number of hydrogen-bond donors (Lipinski definition) is 2. The van der Waals surface area contributed by atoms with Crippen molar-refractivity contribution in [1.82, 2.24) is 15.2 Å². The van der Waals surface area contributed by atoms with E-state index in [2.05, 4.69) is 20.5 Å². The molecule has 0 radical (unpaired) electrons. The molecule has 0 fully saturated rings. The average Bonchev–Trinajstić information content (AvgIpc) is 3.09. The topological polar surface area (TPSA) is 70.7 Å². The molecule has 4 rings (SSSR count). The van der Waals surface area contributed by atoms with Crippen molar-refractivity contribution in [2.75, 3.05) is 5.32 Å². The van der Waals surface area contributed by atoms with Crippen LogP contribution in [0.5, 0.6) is 0 Å². The van der Waals surface area contributed by atoms with Gasteiger partial charge in [0.05, 0.1) is 11.7 Å². The van der Waals surface area contributed by atoms with Crippen LogP contribution >= 0.6 is 0 Å². The Labute approximate surface area is 153 Å². The Kier molecular flexibility index (Phi) is 4.12. The van der Waals surface area contributed by atoms with Crippen molar-refractivity contribution in [2.45, 2.75) is 6.92 Å². The molecule has 0 aliphatic rings. The highest BCUT2D eigenvalue weighted by Gasteiger charge is 2.17. The van der Waals surface area contributed by atoms with Crippen molar-refractivity contribution < 1.29 is 13.6 Å². The molecule has 7 heteroatoms. The van der Waals surface area contributed by atoms with Crippen molar-refractivity contribution in [3.05, 3.63) is 77.6 Å². The molecule has 0 atom stereocenters. The van der Waals surface area contributed by atoms with Gasteiger partial charge in [-0.25, -0.2) is 13.8 Å². The second-order valence-electron chi connectivity index (χ2n) is 6.11. The average molecular weight is 364 g/mol. The maximum absolute atomic E-state index is 13.7. The van der Waals surface area contributed by atoms with Gasteiger partial charge in [0.2, 0.25) is 0 Å². The van der Waals surface area contributed by atoms with E-state index in [9.17, 15) is 13.6 Å². The molecule has 0 bridgehead atoms. The molecular weight excluding hydrogens is 350 g/mol. The first-order valence-electron chi connectivity index (χ1n) is 8.18. The fourth-order valence-electron chi connectivity index (χ4n) is 2.94. The van der Waals surface area contributed by atoms with Crippen LogP contribution in [0.15, 0.2) is 54.9 Å². The molecule has 134 valence electrons. The third kappa shape index (κ3) is 3.15. The molecule has 2 N–H and O–H groups in total. The molecule has 0 aliphatic heterocycles. The molecule has 0 aliphatic carbocycles. The van der Waals surface area contributed by atoms with Gasteiger partial charge in [0, 0.05) is 17.1 Å². The van der Waals surface area contributed by atoms with Crippen molar-refractivity contribution in [2.24, 2.45) is 0 Å². The van der Waals surface area contributed by atoms with E-state index in [0.717, 1.165) is 39.7 Å². The van der Waals surface area contributed by atoms with Gasteiger partial charge in [-0.15, -0.1) is 0 Å². The minimum Gasteiger partial charge on any atom is -0.306 e. The van der Waals surface area contributed by atoms with E-state index in [-0.39, 0.29) is 5.82 Å². The minimum absolute atomic E-state index is 0.201. The molecule has 2 aromatic carbocycles. The highest BCUT2D eigenvalue weighted by molar-refractivity contribution is 6.04. The summed E-state index contributed by atoms with van der Waals surface area (Å²) in [5.41, 5.74) is 3.14. The highest BCUT2D eigenvalue weighted by atomic mass is 19.1. The van der Waals surface area contributed by atoms with Crippen LogP contribution in [0.1, 0.15) is 15.9 Å². The zero-order chi connectivity index (χ0) is 19.0. The van der Waals surface area contributed by atoms with Crippen LogP contribution in [0.3, 0.4) is 0 Å². The molecule has 2 heterocycles. The number of amides is 1. The number of aromatic nitrogens is 3. The van der Waals surface area contributed by atoms with Gasteiger partial charge in [-0.1, -0.05) is 6.07 Å². The van der Waals surface area contributed by atoms with Gasteiger partial charge in [-0.3, -0.25) is 9.89 Å². The van der Waals surface area contributed by atoms with Crippen LogP contribution in [0.4, 0.5) is 14.6 Å². The number of hydrogen-bond acceptors (Lipinski definition) is 3. The number of nitrogens with zero attached hydrogens (tertiary/aromatic N) is 2. The summed E-state index contributed by atoms with van der Waals surface area (Å²) in [7, 11) is 0. The summed E-state index contributed by atoms with van der Waals surface area (Å²) in [4.78, 5) is 16.3. The zero-order valence-electron chi connectivity index (χ0n) is 14.3. The summed E-state index contributed by atoms with van der Waals surface area (Å²) < 4.78 is 27.4. The molecule has 27 heavy (non-hydrogen) atoms. The molecular formula is C20H14F2N4O. The fourth-order valence-corrected chi connectivity index (χ4v) is 2.94. The number of pyridine rings is 1. The lowest BCUT2D eigenvalue weighted by atomic mass is 10.0. The summed E-state index contributed by atoms with van der Waals surface area (Å²) in [6.07, 6.45) is 3.35. The largest absolute Gasteiger partial charge is 0.306 e. The Balaban J connectivity index is 1.60. The van der Waals surface area contributed by atoms with Crippen molar-refractivity contribution in [3.63, 3.8) is 0 Å². The lowest BCUT2D eigenvalue weighted by Crippen LogP contribution is -2.16. The molecule has 5 nitrogen and oxygen atoms in total. The van der Waals surface area contributed by atoms with Crippen molar-refractivity contribution in [1.29, 1.82) is 0 Å². The Hall–Kier alpha value is -3.61. The van der Waals surface area contributed by atoms with Gasteiger partial charge in [0.25, 0.3) is 5.91 Å². The third-order valence-corrected chi connectivity index (χ3v) is 4.29. The Morgan fingerprint density at radius 1 is 1.07 bits per heavy atom. The zero-order valence-corrected chi connectivity index (χ0v) is 14.3. The van der Waals surface area contributed by atoms with Crippen LogP contribution in [0, 0.1) is 18.6 Å². The summed E-state index contributed by atoms with van der Waals surface area (Å²) >= 11 is 0. The quantitative estimate of drug-likeness (QED) is 0.564. The van der Waals surface area contributed by atoms with Gasteiger partial charge in [-0.05, 0) is 54.4 Å². The van der Waals surface area contributed by atoms with E-state index >= 15 is 0 Å². The van der Waals surface area contributed by atoms with Gasteiger partial charge in [-0.2, -0.15) is 5.10 Å². The Morgan fingerprint density at radius 3 is 2.56 bits per heavy atom. The number of aromatic amines is 1. The SMILES string of the molecule is Cc1cc2cn[nH]c2cc1-c1ccc(NC(=O)c2c(F)cccc2F)nc1. The number of fused-ring (bicyclic) bond motifs is 1. The molecule has 2 aromatic heterocycles. The number of nitrogens with one attached hydrogen (secondary N) is 2. The van der Waals surface area contributed by atoms with Gasteiger partial charge < -0.3 is 5.32 Å². The van der Waals surface area contributed by atoms with E-state index in [4.69, 9.17) is 0 Å². The van der Waals surface area contributed by atoms with Crippen molar-refractivity contribution in [3.8, 4) is 11.1 Å². The van der Waals surface area contributed by atoms with Crippen LogP contribution in [0.2, 0.25) is 0 Å². The standard InChI is InChI=1S/C20H14F2N4O/c1-11-7-13-10-24-26-17(13)8-14(11)12-5-6-18(23-9-12)25-20(27)19-15(21)3-2-4-16(19)22/h2-10H,1H3,(H,24,26)(H,23,25,27). The number of carbonyl (C=O) groups is 1. The van der Waals surface area contributed by atoms with Gasteiger partial charge in [0.15, 0.2) is 0 Å². The smallest absolute Gasteiger partial charge is 0.262 e. The fraction of sp³-hybridized carbons (Fsp3) is 0.0500. The highest BCUT2D eigenvalue weighted by Crippen LogP contribution is 2.27. The Bertz CT molecular complexity index is 1130. The second kappa shape index (κ2) is 6.60. The lowest BCUT2D eigenvalue weighted by molar-refractivity contribution is 0.101. The third-order valence-electron chi connectivity index (χ3n) is 4.29. The predicted molar refractivity (Wildman–Crippen MR) is 98.4 cm³/mol. The normalized spacial score (nSPS) is 10.9. The molecule has 0 saturated carbocycles. The number of carbonyl (C=O) groups excluding carboxylic acids is 1. The van der Waals surface area contributed by atoms with Crippen LogP contribution in [0.25, 0.3) is 22.0 Å². The molecule has 0 saturated heterocycles. The predicted octanol–water partition coefficient (Wildman–Crippen LogP) is 4.46. The summed E-state index contributed by atoms with van der Waals surface area (Å²) in [5.74, 6) is -2.53. The first-order valence-corrected chi connectivity index (χ1v) is 8.18. The van der Waals surface area contributed by atoms with Crippen LogP contribution < -0.4 is 5.32 Å². The van der Waals surface area contributed by atoms with Crippen LogP contribution in [-0.2, 0) is 0 Å². The maximum Gasteiger partial charge on any atom is 0.262 e. The van der Waals surface area contributed by atoms with E-state index in [1.54, 1.807) is 24.5 Å². The molecule has 1 amide bonds. The maximum atomic E-state index is 13.7. The first-order chi connectivity index (χ1) is 13.0. The van der Waals surface area contributed by atoms with E-state index < -0.39 is 23.1 Å². The second-order valence-corrected chi connectivity index (χ2v) is 6.11. The number of anilines is 1. The monoisotopic (exact) mass is 364 g/mol. The summed E-state index contributed by atoms with van der Waals surface area (Å²) in [6.45, 7) is 1.98. The molecule has 0 spiro atoms. The first kappa shape index (κ1) is 16.8. The summed E-state index contributed by atoms with van der Waals surface area (Å²) in [5, 5.41) is 10.4.